The van der Waals surface area contributed by atoms with E-state index in [1.807, 2.05) is 18.2 Å². The van der Waals surface area contributed by atoms with E-state index >= 15 is 0 Å². The number of nitrogens with zero attached hydrogens (tertiary/aromatic N) is 2. The molecule has 4 heterocycles. The maximum atomic E-state index is 13.9. The molecule has 0 aliphatic carbocycles. The molecule has 2 aliphatic rings. The quantitative estimate of drug-likeness (QED) is 0.0809. The number of para-hydroxylation sites is 1. The van der Waals surface area contributed by atoms with E-state index in [1.54, 1.807) is 30.5 Å². The maximum absolute atomic E-state index is 13.9. The smallest absolute Gasteiger partial charge is 0.331 e. The molecule has 0 radical (unpaired) electrons. The molecule has 0 bridgehead atoms. The summed E-state index contributed by atoms with van der Waals surface area (Å²) in [6, 6.07) is 6.51. The lowest BCUT2D eigenvalue weighted by Crippen LogP contribution is -2.62. The van der Waals surface area contributed by atoms with Crippen molar-refractivity contribution in [3.63, 3.8) is 0 Å². The largest absolute Gasteiger partial charge is 0.508 e. The van der Waals surface area contributed by atoms with Crippen molar-refractivity contribution in [2.75, 3.05) is 7.05 Å². The maximum Gasteiger partial charge on any atom is 0.331 e. The van der Waals surface area contributed by atoms with Crippen LogP contribution in [0.25, 0.3) is 10.9 Å². The van der Waals surface area contributed by atoms with Gasteiger partial charge < -0.3 is 56.5 Å². The Balaban J connectivity index is 1.15. The number of fused-ring (bicyclic) bond motifs is 2. The predicted octanol–water partition coefficient (Wildman–Crippen LogP) is -0.609. The summed E-state index contributed by atoms with van der Waals surface area (Å²) in [5, 5.41) is 44.6. The number of phenols is 1. The van der Waals surface area contributed by atoms with Gasteiger partial charge >= 0.3 is 17.7 Å². The van der Waals surface area contributed by atoms with E-state index in [0.717, 1.165) is 39.5 Å². The number of nitrogens with one attached hydrogen (secondary N) is 7. The van der Waals surface area contributed by atoms with Crippen LogP contribution in [-0.2, 0) is 43.3 Å². The lowest BCUT2D eigenvalue weighted by Gasteiger charge is -2.35. The number of ether oxygens (including phenoxy) is 1. The van der Waals surface area contributed by atoms with Gasteiger partial charge in [0.15, 0.2) is 0 Å². The van der Waals surface area contributed by atoms with Gasteiger partial charge in [-0.25, -0.2) is 14.4 Å². The summed E-state index contributed by atoms with van der Waals surface area (Å²) < 4.78 is 6.68. The van der Waals surface area contributed by atoms with Gasteiger partial charge in [0.25, 0.3) is 5.56 Å². The number of aliphatic hydroxyl groups excluding tert-OH is 1. The fraction of sp³-hybridized carbons (Fsp3) is 0.359. The van der Waals surface area contributed by atoms with Crippen LogP contribution in [-0.4, -0.2) is 108 Å². The highest BCUT2D eigenvalue weighted by Crippen LogP contribution is 2.30. The Kier molecular flexibility index (Phi) is 12.5. The van der Waals surface area contributed by atoms with Crippen molar-refractivity contribution in [3.8, 4) is 5.75 Å². The number of likely N-dealkylation sites (N-methyl/N-ethyl adjacent to an activating group) is 1. The minimum atomic E-state index is -1.46. The molecule has 7 atom stereocenters. The van der Waals surface area contributed by atoms with Crippen molar-refractivity contribution in [2.45, 2.75) is 82.2 Å². The molecular weight excluding hydrogens is 770 g/mol. The van der Waals surface area contributed by atoms with Gasteiger partial charge in [-0.1, -0.05) is 30.3 Å². The molecule has 2 aliphatic heterocycles. The third-order valence-electron chi connectivity index (χ3n) is 10.5. The highest BCUT2D eigenvalue weighted by atomic mass is 16.5. The molecule has 2 aromatic carbocycles. The number of hydrogen-bond donors (Lipinski definition) is 10. The predicted molar refractivity (Wildman–Crippen MR) is 209 cm³/mol. The Hall–Kier alpha value is -6.93. The zero-order chi connectivity index (χ0) is 42.5. The summed E-state index contributed by atoms with van der Waals surface area (Å²) in [7, 11) is 1.45. The second-order valence-electron chi connectivity index (χ2n) is 14.4. The molecule has 6 rings (SSSR count). The van der Waals surface area contributed by atoms with E-state index in [0.29, 0.717) is 11.1 Å². The van der Waals surface area contributed by atoms with Gasteiger partial charge in [0.2, 0.25) is 23.9 Å². The van der Waals surface area contributed by atoms with E-state index in [9.17, 15) is 48.9 Å². The molecule has 1 fully saturated rings. The number of H-pyrrole nitrogens is 2. The number of aliphatic carboxylic acids is 1. The molecule has 5 amide bonds. The number of carboxylic acid groups (broad SMARTS) is 1. The highest BCUT2D eigenvalue weighted by Gasteiger charge is 2.37. The van der Waals surface area contributed by atoms with E-state index in [4.69, 9.17) is 4.74 Å². The number of aliphatic hydroxyl groups is 1. The lowest BCUT2D eigenvalue weighted by molar-refractivity contribution is -0.139. The van der Waals surface area contributed by atoms with Crippen molar-refractivity contribution in [1.82, 2.24) is 46.0 Å². The molecule has 10 N–H and O–H groups in total. The topological polar surface area (TPSA) is 289 Å². The van der Waals surface area contributed by atoms with Gasteiger partial charge in [0.1, 0.15) is 35.7 Å². The van der Waals surface area contributed by atoms with Crippen LogP contribution in [0.2, 0.25) is 0 Å². The molecule has 59 heavy (non-hydrogen) atoms. The fourth-order valence-corrected chi connectivity index (χ4v) is 7.04. The molecule has 2 aromatic heterocycles. The van der Waals surface area contributed by atoms with E-state index in [-0.39, 0.29) is 37.3 Å². The number of carbonyl (C=O) groups excluding carboxylic acids is 4. The fourth-order valence-electron chi connectivity index (χ4n) is 7.04. The summed E-state index contributed by atoms with van der Waals surface area (Å²) in [5.41, 5.74) is 1.40. The Morgan fingerprint density at radius 3 is 2.51 bits per heavy atom. The standard InChI is InChI=1S/C39H45N9O11/c1-19(43-38(57)44-28(37(55)56)14-22-16-40-26-9-5-4-8-24(22)26)33(52)46-32(20(2)47(3)35(54)27-13-21-7-6-10-29(49)25(21)18-41-27)34(53)42-17-23-15-30(50)36(59-23)48-12-11-31(51)45-39(48)58/h4-12,16-17,19-20,27-28,30,32,36,40-41,49-50H,13-15,18H2,1-3H3,(H,42,53)(H,46,52)(H,55,56)(H2,43,44,57)(H,45,51,58). The second kappa shape index (κ2) is 17.7. The first-order valence-corrected chi connectivity index (χ1v) is 18.7. The van der Waals surface area contributed by atoms with Crippen molar-refractivity contribution in [2.24, 2.45) is 0 Å². The number of amides is 5. The number of urea groups is 1. The summed E-state index contributed by atoms with van der Waals surface area (Å²) in [6.45, 7) is 3.06. The van der Waals surface area contributed by atoms with E-state index in [2.05, 4.69) is 36.6 Å². The Labute approximate surface area is 335 Å². The number of aromatic nitrogens is 3. The normalized spacial score (nSPS) is 20.0. The van der Waals surface area contributed by atoms with Crippen LogP contribution in [0.5, 0.6) is 5.75 Å². The van der Waals surface area contributed by atoms with Gasteiger partial charge in [-0.3, -0.25) is 28.7 Å². The van der Waals surface area contributed by atoms with Crippen LogP contribution in [0.4, 0.5) is 4.79 Å². The average molecular weight is 816 g/mol. The van der Waals surface area contributed by atoms with Crippen LogP contribution in [0.1, 0.15) is 43.2 Å². The first kappa shape index (κ1) is 41.7. The van der Waals surface area contributed by atoms with E-state index in [1.165, 1.54) is 25.8 Å². The first-order valence-electron chi connectivity index (χ1n) is 18.7. The molecule has 312 valence electrons. The minimum Gasteiger partial charge on any atom is -0.508 e. The molecule has 0 saturated carbocycles. The van der Waals surface area contributed by atoms with Gasteiger partial charge in [-0.2, -0.15) is 0 Å². The Morgan fingerprint density at radius 2 is 1.76 bits per heavy atom. The molecule has 7 unspecified atom stereocenters. The number of carboxylic acids is 1. The number of hydrogen-bond acceptors (Lipinski definition) is 11. The summed E-state index contributed by atoms with van der Waals surface area (Å²) >= 11 is 0. The van der Waals surface area contributed by atoms with Crippen molar-refractivity contribution in [3.05, 3.63) is 110 Å². The summed E-state index contributed by atoms with van der Waals surface area (Å²) in [5.74, 6) is -3.26. The third-order valence-corrected chi connectivity index (χ3v) is 10.5. The SMILES string of the molecule is CC(NC(=O)NC(Cc1c[nH]c2ccccc12)C(=O)O)C(=O)NC(C(=O)NC=C1CC(O)C(n2ccc(=O)[nH]c2=O)O1)C(C)N(C)C(=O)C1Cc2cccc(O)c2CN1. The van der Waals surface area contributed by atoms with Gasteiger partial charge in [0, 0.05) is 67.6 Å². The van der Waals surface area contributed by atoms with Gasteiger partial charge in [-0.15, -0.1) is 0 Å². The minimum absolute atomic E-state index is 0.0526. The number of benzene rings is 2. The van der Waals surface area contributed by atoms with Crippen LogP contribution in [0, 0.1) is 0 Å². The Bertz CT molecular complexity index is 2410. The number of aromatic amines is 2. The molecule has 0 spiro atoms. The average Bonchev–Trinajstić information content (AvgIpc) is 3.79. The Morgan fingerprint density at radius 1 is 1.00 bits per heavy atom. The second-order valence-corrected chi connectivity index (χ2v) is 14.4. The lowest BCUT2D eigenvalue weighted by atomic mass is 9.94. The molecule has 4 aromatic rings. The van der Waals surface area contributed by atoms with Gasteiger partial charge in [0.05, 0.1) is 12.1 Å². The molecular formula is C39H45N9O11. The first-order chi connectivity index (χ1) is 28.1. The van der Waals surface area contributed by atoms with Crippen molar-refractivity contribution >= 4 is 40.6 Å². The van der Waals surface area contributed by atoms with Crippen molar-refractivity contribution < 1.29 is 44.0 Å². The zero-order valence-electron chi connectivity index (χ0n) is 32.2. The van der Waals surface area contributed by atoms with Crippen LogP contribution in [0.15, 0.2) is 82.5 Å². The molecule has 1 saturated heterocycles. The number of phenolic OH excluding ortho intramolecular Hbond substituents is 1. The van der Waals surface area contributed by atoms with Gasteiger partial charge in [-0.05, 0) is 43.5 Å². The number of carbonyl (C=O) groups is 5. The number of aromatic hydroxyl groups is 1. The molecule has 20 heteroatoms. The summed E-state index contributed by atoms with van der Waals surface area (Å²) in [4.78, 5) is 96.7. The number of rotatable bonds is 13. The van der Waals surface area contributed by atoms with Crippen LogP contribution >= 0.6 is 0 Å². The molecule has 20 nitrogen and oxygen atoms in total. The monoisotopic (exact) mass is 815 g/mol. The van der Waals surface area contributed by atoms with Crippen LogP contribution in [0.3, 0.4) is 0 Å². The highest BCUT2D eigenvalue weighted by molar-refractivity contribution is 5.94. The van der Waals surface area contributed by atoms with E-state index < -0.39 is 83.5 Å². The van der Waals surface area contributed by atoms with Crippen LogP contribution < -0.4 is 37.8 Å². The third kappa shape index (κ3) is 9.45. The summed E-state index contributed by atoms with van der Waals surface area (Å²) in [6.07, 6.45) is 1.52. The van der Waals surface area contributed by atoms with Crippen molar-refractivity contribution in [1.29, 1.82) is 0 Å². The zero-order valence-corrected chi connectivity index (χ0v) is 32.2.